The fourth-order valence-corrected chi connectivity index (χ4v) is 2.20. The molecule has 0 saturated heterocycles. The van der Waals surface area contributed by atoms with Crippen molar-refractivity contribution >= 4 is 11.3 Å². The molecule has 14 heavy (non-hydrogen) atoms. The van der Waals surface area contributed by atoms with Crippen LogP contribution in [-0.2, 0) is 6.42 Å². The highest BCUT2D eigenvalue weighted by atomic mass is 32.1. The number of hydrogen-bond donors (Lipinski definition) is 1. The van der Waals surface area contributed by atoms with Crippen molar-refractivity contribution < 1.29 is 0 Å². The number of thiazole rings is 1. The smallest absolute Gasteiger partial charge is 0.0897 e. The van der Waals surface area contributed by atoms with Crippen LogP contribution in [0.2, 0.25) is 0 Å². The van der Waals surface area contributed by atoms with Gasteiger partial charge in [-0.1, -0.05) is 13.8 Å². The molecular weight excluding hydrogens is 192 g/mol. The van der Waals surface area contributed by atoms with Crippen molar-refractivity contribution in [2.45, 2.75) is 27.2 Å². The number of hydrogen-bond acceptors (Lipinski definition) is 3. The van der Waals surface area contributed by atoms with Crippen LogP contribution in [0.4, 0.5) is 0 Å². The van der Waals surface area contributed by atoms with Crippen molar-refractivity contribution in [2.24, 2.45) is 11.8 Å². The normalized spacial score (nSPS) is 13.5. The summed E-state index contributed by atoms with van der Waals surface area (Å²) in [4.78, 5) is 4.51. The SMILES string of the molecule is CNCC(Cc1csc(C)n1)C(C)C. The Morgan fingerprint density at radius 2 is 2.21 bits per heavy atom. The molecule has 3 heteroatoms. The molecule has 1 aromatic heterocycles. The minimum atomic E-state index is 0.696. The van der Waals surface area contributed by atoms with Crippen molar-refractivity contribution in [3.8, 4) is 0 Å². The van der Waals surface area contributed by atoms with Gasteiger partial charge in [-0.05, 0) is 38.8 Å². The van der Waals surface area contributed by atoms with Gasteiger partial charge in [-0.3, -0.25) is 0 Å². The molecule has 2 nitrogen and oxygen atoms in total. The van der Waals surface area contributed by atoms with Gasteiger partial charge in [0.25, 0.3) is 0 Å². The summed E-state index contributed by atoms with van der Waals surface area (Å²) < 4.78 is 0. The zero-order chi connectivity index (χ0) is 10.6. The Labute approximate surface area is 90.8 Å². The highest BCUT2D eigenvalue weighted by Gasteiger charge is 2.14. The van der Waals surface area contributed by atoms with Gasteiger partial charge in [0.15, 0.2) is 0 Å². The first-order valence-electron chi connectivity index (χ1n) is 5.19. The van der Waals surface area contributed by atoms with Gasteiger partial charge in [0, 0.05) is 5.38 Å². The van der Waals surface area contributed by atoms with Gasteiger partial charge in [0.1, 0.15) is 0 Å². The molecule has 0 aliphatic heterocycles. The lowest BCUT2D eigenvalue weighted by molar-refractivity contribution is 0.368. The summed E-state index contributed by atoms with van der Waals surface area (Å²) in [6.07, 6.45) is 1.10. The van der Waals surface area contributed by atoms with Crippen molar-refractivity contribution in [3.05, 3.63) is 16.1 Å². The zero-order valence-corrected chi connectivity index (χ0v) is 10.3. The standard InChI is InChI=1S/C11H20N2S/c1-8(2)10(6-12-4)5-11-7-14-9(3)13-11/h7-8,10,12H,5-6H2,1-4H3. The molecule has 0 radical (unpaired) electrons. The van der Waals surface area contributed by atoms with Crippen LogP contribution in [0, 0.1) is 18.8 Å². The molecule has 0 spiro atoms. The first-order valence-corrected chi connectivity index (χ1v) is 6.07. The molecular formula is C11H20N2S. The summed E-state index contributed by atoms with van der Waals surface area (Å²) in [6.45, 7) is 7.70. The van der Waals surface area contributed by atoms with E-state index < -0.39 is 0 Å². The summed E-state index contributed by atoms with van der Waals surface area (Å²) in [7, 11) is 2.02. The summed E-state index contributed by atoms with van der Waals surface area (Å²) in [5.74, 6) is 1.41. The van der Waals surface area contributed by atoms with Crippen LogP contribution in [0.3, 0.4) is 0 Å². The van der Waals surface area contributed by atoms with E-state index >= 15 is 0 Å². The summed E-state index contributed by atoms with van der Waals surface area (Å²) in [5, 5.41) is 6.61. The van der Waals surface area contributed by atoms with Gasteiger partial charge in [0.2, 0.25) is 0 Å². The van der Waals surface area contributed by atoms with Gasteiger partial charge in [-0.15, -0.1) is 11.3 Å². The maximum absolute atomic E-state index is 4.51. The number of nitrogens with zero attached hydrogens (tertiary/aromatic N) is 1. The van der Waals surface area contributed by atoms with E-state index in [2.05, 4.69) is 36.5 Å². The van der Waals surface area contributed by atoms with Crippen molar-refractivity contribution in [2.75, 3.05) is 13.6 Å². The van der Waals surface area contributed by atoms with E-state index in [1.165, 1.54) is 10.7 Å². The predicted octanol–water partition coefficient (Wildman–Crippen LogP) is 2.49. The molecule has 1 aromatic rings. The Morgan fingerprint density at radius 1 is 1.50 bits per heavy atom. The molecule has 1 rings (SSSR count). The van der Waals surface area contributed by atoms with E-state index in [-0.39, 0.29) is 0 Å². The lowest BCUT2D eigenvalue weighted by Crippen LogP contribution is -2.25. The van der Waals surface area contributed by atoms with Crippen LogP contribution in [0.25, 0.3) is 0 Å². The Balaban J connectivity index is 2.55. The number of aryl methyl sites for hydroxylation is 1. The highest BCUT2D eigenvalue weighted by Crippen LogP contribution is 2.18. The molecule has 80 valence electrons. The van der Waals surface area contributed by atoms with Gasteiger partial charge < -0.3 is 5.32 Å². The second-order valence-corrected chi connectivity index (χ2v) is 5.19. The maximum atomic E-state index is 4.51. The Morgan fingerprint density at radius 3 is 2.64 bits per heavy atom. The third kappa shape index (κ3) is 3.39. The van der Waals surface area contributed by atoms with Gasteiger partial charge >= 0.3 is 0 Å². The van der Waals surface area contributed by atoms with Crippen LogP contribution in [0.1, 0.15) is 24.5 Å². The quantitative estimate of drug-likeness (QED) is 0.811. The Kier molecular flexibility index (Phi) is 4.55. The largest absolute Gasteiger partial charge is 0.319 e. The molecule has 0 aromatic carbocycles. The molecule has 0 amide bonds. The van der Waals surface area contributed by atoms with E-state index in [9.17, 15) is 0 Å². The van der Waals surface area contributed by atoms with Crippen LogP contribution < -0.4 is 5.32 Å². The van der Waals surface area contributed by atoms with Crippen LogP contribution in [-0.4, -0.2) is 18.6 Å². The Hall–Kier alpha value is -0.410. The van der Waals surface area contributed by atoms with Gasteiger partial charge in [0.05, 0.1) is 10.7 Å². The predicted molar refractivity (Wildman–Crippen MR) is 62.8 cm³/mol. The molecule has 1 N–H and O–H groups in total. The molecule has 0 aliphatic carbocycles. The zero-order valence-electron chi connectivity index (χ0n) is 9.50. The van der Waals surface area contributed by atoms with Crippen molar-refractivity contribution in [3.63, 3.8) is 0 Å². The number of aromatic nitrogens is 1. The second kappa shape index (κ2) is 5.47. The van der Waals surface area contributed by atoms with Gasteiger partial charge in [-0.2, -0.15) is 0 Å². The number of nitrogens with one attached hydrogen (secondary N) is 1. The summed E-state index contributed by atoms with van der Waals surface area (Å²) in [6, 6.07) is 0. The molecule has 0 bridgehead atoms. The van der Waals surface area contributed by atoms with Crippen molar-refractivity contribution in [1.82, 2.24) is 10.3 Å². The third-order valence-electron chi connectivity index (χ3n) is 2.55. The molecule has 1 atom stereocenters. The second-order valence-electron chi connectivity index (χ2n) is 4.12. The highest BCUT2D eigenvalue weighted by molar-refractivity contribution is 7.09. The van der Waals surface area contributed by atoms with E-state index in [1.54, 1.807) is 11.3 Å². The van der Waals surface area contributed by atoms with E-state index in [0.29, 0.717) is 11.8 Å². The molecule has 0 fully saturated rings. The molecule has 1 heterocycles. The monoisotopic (exact) mass is 212 g/mol. The summed E-state index contributed by atoms with van der Waals surface area (Å²) in [5.41, 5.74) is 1.25. The fourth-order valence-electron chi connectivity index (χ4n) is 1.58. The van der Waals surface area contributed by atoms with Crippen LogP contribution in [0.15, 0.2) is 5.38 Å². The molecule has 0 aliphatic rings. The lowest BCUT2D eigenvalue weighted by atomic mass is 9.91. The average Bonchev–Trinajstić information content (AvgIpc) is 2.50. The fraction of sp³-hybridized carbons (Fsp3) is 0.727. The molecule has 1 unspecified atom stereocenters. The minimum Gasteiger partial charge on any atom is -0.319 e. The first-order chi connectivity index (χ1) is 6.63. The third-order valence-corrected chi connectivity index (χ3v) is 3.37. The van der Waals surface area contributed by atoms with Crippen LogP contribution >= 0.6 is 11.3 Å². The lowest BCUT2D eigenvalue weighted by Gasteiger charge is -2.19. The van der Waals surface area contributed by atoms with E-state index in [0.717, 1.165) is 13.0 Å². The van der Waals surface area contributed by atoms with E-state index in [4.69, 9.17) is 0 Å². The van der Waals surface area contributed by atoms with Crippen molar-refractivity contribution in [1.29, 1.82) is 0 Å². The summed E-state index contributed by atoms with van der Waals surface area (Å²) >= 11 is 1.74. The molecule has 0 saturated carbocycles. The maximum Gasteiger partial charge on any atom is 0.0897 e. The number of rotatable bonds is 5. The topological polar surface area (TPSA) is 24.9 Å². The van der Waals surface area contributed by atoms with Gasteiger partial charge in [-0.25, -0.2) is 4.98 Å². The average molecular weight is 212 g/mol. The minimum absolute atomic E-state index is 0.696. The Bertz CT molecular complexity index is 268. The van der Waals surface area contributed by atoms with E-state index in [1.807, 2.05) is 7.05 Å². The van der Waals surface area contributed by atoms with Crippen LogP contribution in [0.5, 0.6) is 0 Å². The first kappa shape index (κ1) is 11.7.